The molecule has 1 saturated carbocycles. The number of hydrogen-bond acceptors (Lipinski definition) is 3. The van der Waals surface area contributed by atoms with Gasteiger partial charge >= 0.3 is 0 Å². The fourth-order valence-electron chi connectivity index (χ4n) is 2.73. The van der Waals surface area contributed by atoms with Crippen LogP contribution in [0.4, 0.5) is 0 Å². The van der Waals surface area contributed by atoms with Gasteiger partial charge in [0.1, 0.15) is 11.5 Å². The topological polar surface area (TPSA) is 28.4 Å². The first-order valence-corrected chi connectivity index (χ1v) is 8.63. The number of furan rings is 1. The second-order valence-corrected chi connectivity index (χ2v) is 6.87. The first kappa shape index (κ1) is 16.6. The molecule has 0 unspecified atom stereocenters. The quantitative estimate of drug-likeness (QED) is 0.704. The molecule has 1 aromatic heterocycles. The highest BCUT2D eigenvalue weighted by Crippen LogP contribution is 2.29. The summed E-state index contributed by atoms with van der Waals surface area (Å²) in [4.78, 5) is 2.65. The highest BCUT2D eigenvalue weighted by Gasteiger charge is 2.29. The van der Waals surface area contributed by atoms with E-state index in [0.29, 0.717) is 5.92 Å². The maximum absolute atomic E-state index is 5.91. The van der Waals surface area contributed by atoms with Crippen LogP contribution in [0.25, 0.3) is 0 Å². The summed E-state index contributed by atoms with van der Waals surface area (Å²) in [5.74, 6) is 2.85. The van der Waals surface area contributed by atoms with E-state index in [2.05, 4.69) is 44.0 Å². The maximum Gasteiger partial charge on any atom is 0.118 e. The predicted molar refractivity (Wildman–Crippen MR) is 88.3 cm³/mol. The minimum Gasteiger partial charge on any atom is -0.465 e. The van der Waals surface area contributed by atoms with E-state index in [-0.39, 0.29) is 0 Å². The average Bonchev–Trinajstić information content (AvgIpc) is 3.20. The van der Waals surface area contributed by atoms with Gasteiger partial charge in [0.15, 0.2) is 0 Å². The second-order valence-electron chi connectivity index (χ2n) is 6.87. The number of nitrogens with zero attached hydrogens (tertiary/aromatic N) is 1. The van der Waals surface area contributed by atoms with Gasteiger partial charge in [-0.15, -0.1) is 0 Å². The number of aryl methyl sites for hydroxylation is 1. The summed E-state index contributed by atoms with van der Waals surface area (Å²) in [6, 6.07) is 3.08. The van der Waals surface area contributed by atoms with Gasteiger partial charge in [0.25, 0.3) is 0 Å². The zero-order chi connectivity index (χ0) is 15.2. The van der Waals surface area contributed by atoms with Gasteiger partial charge in [-0.1, -0.05) is 27.2 Å². The van der Waals surface area contributed by atoms with E-state index in [1.165, 1.54) is 37.8 Å². The molecular formula is C18H32N2O. The third-order valence-corrected chi connectivity index (χ3v) is 4.16. The Hall–Kier alpha value is -0.800. The van der Waals surface area contributed by atoms with Crippen molar-refractivity contribution >= 4 is 0 Å². The molecule has 3 heteroatoms. The van der Waals surface area contributed by atoms with Crippen molar-refractivity contribution in [2.24, 2.45) is 5.92 Å². The van der Waals surface area contributed by atoms with E-state index in [9.17, 15) is 0 Å². The van der Waals surface area contributed by atoms with E-state index < -0.39 is 0 Å². The molecule has 0 saturated heterocycles. The van der Waals surface area contributed by atoms with Gasteiger partial charge in [-0.3, -0.25) is 4.90 Å². The molecule has 0 amide bonds. The lowest BCUT2D eigenvalue weighted by atomic mass is 10.2. The van der Waals surface area contributed by atoms with Gasteiger partial charge in [0, 0.05) is 18.2 Å². The zero-order valence-corrected chi connectivity index (χ0v) is 14.2. The number of hydrogen-bond donors (Lipinski definition) is 1. The molecule has 1 aliphatic carbocycles. The lowest BCUT2D eigenvalue weighted by Crippen LogP contribution is -2.26. The standard InChI is InChI=1S/C18H32N2O/c1-5-6-9-20(17-7-8-17)13-16-10-18(21-15(16)4)12-19-11-14(2)3/h10,14,17,19H,5-9,11-13H2,1-4H3. The number of nitrogens with one attached hydrogen (secondary N) is 1. The van der Waals surface area contributed by atoms with Gasteiger partial charge in [0.2, 0.25) is 0 Å². The van der Waals surface area contributed by atoms with Crippen LogP contribution in [-0.2, 0) is 13.1 Å². The summed E-state index contributed by atoms with van der Waals surface area (Å²) in [7, 11) is 0. The average molecular weight is 292 g/mol. The first-order valence-electron chi connectivity index (χ1n) is 8.63. The third-order valence-electron chi connectivity index (χ3n) is 4.16. The second kappa shape index (κ2) is 8.00. The van der Waals surface area contributed by atoms with Crippen LogP contribution in [-0.4, -0.2) is 24.0 Å². The summed E-state index contributed by atoms with van der Waals surface area (Å²) in [5, 5.41) is 3.46. The Balaban J connectivity index is 1.88. The SMILES string of the molecule is CCCCN(Cc1cc(CNCC(C)C)oc1C)C1CC1. The molecule has 21 heavy (non-hydrogen) atoms. The summed E-state index contributed by atoms with van der Waals surface area (Å²) >= 11 is 0. The zero-order valence-electron chi connectivity index (χ0n) is 14.2. The highest BCUT2D eigenvalue weighted by molar-refractivity contribution is 5.21. The van der Waals surface area contributed by atoms with Crippen molar-refractivity contribution in [2.45, 2.75) is 72.5 Å². The van der Waals surface area contributed by atoms with Crippen LogP contribution in [0.3, 0.4) is 0 Å². The van der Waals surface area contributed by atoms with Crippen molar-refractivity contribution in [1.82, 2.24) is 10.2 Å². The Bertz CT molecular complexity index is 421. The Kier molecular flexibility index (Phi) is 6.31. The molecule has 0 aliphatic heterocycles. The van der Waals surface area contributed by atoms with Crippen LogP contribution >= 0.6 is 0 Å². The molecule has 1 heterocycles. The van der Waals surface area contributed by atoms with Crippen molar-refractivity contribution in [1.29, 1.82) is 0 Å². The van der Waals surface area contributed by atoms with Crippen LogP contribution in [0.15, 0.2) is 10.5 Å². The third kappa shape index (κ3) is 5.48. The van der Waals surface area contributed by atoms with Gasteiger partial charge in [-0.05, 0) is 51.3 Å². The van der Waals surface area contributed by atoms with E-state index in [4.69, 9.17) is 4.42 Å². The van der Waals surface area contributed by atoms with E-state index in [0.717, 1.165) is 37.2 Å². The van der Waals surface area contributed by atoms with Crippen molar-refractivity contribution in [3.8, 4) is 0 Å². The van der Waals surface area contributed by atoms with Crippen molar-refractivity contribution in [3.05, 3.63) is 23.2 Å². The monoisotopic (exact) mass is 292 g/mol. The van der Waals surface area contributed by atoms with Gasteiger partial charge < -0.3 is 9.73 Å². The first-order chi connectivity index (χ1) is 10.1. The van der Waals surface area contributed by atoms with E-state index >= 15 is 0 Å². The molecule has 0 bridgehead atoms. The maximum atomic E-state index is 5.91. The molecule has 1 N–H and O–H groups in total. The largest absolute Gasteiger partial charge is 0.465 e. The molecule has 0 atom stereocenters. The van der Waals surface area contributed by atoms with Crippen LogP contribution in [0.2, 0.25) is 0 Å². The molecule has 1 fully saturated rings. The van der Waals surface area contributed by atoms with Crippen LogP contribution in [0.1, 0.15) is 63.5 Å². The lowest BCUT2D eigenvalue weighted by molar-refractivity contribution is 0.249. The fraction of sp³-hybridized carbons (Fsp3) is 0.778. The summed E-state index contributed by atoms with van der Waals surface area (Å²) in [5.41, 5.74) is 1.37. The van der Waals surface area contributed by atoms with Gasteiger partial charge in [-0.2, -0.15) is 0 Å². The summed E-state index contributed by atoms with van der Waals surface area (Å²) in [6.45, 7) is 13.0. The minimum atomic E-state index is 0.680. The fourth-order valence-corrected chi connectivity index (χ4v) is 2.73. The molecule has 1 aliphatic rings. The van der Waals surface area contributed by atoms with Crippen LogP contribution in [0, 0.1) is 12.8 Å². The molecule has 120 valence electrons. The molecule has 2 rings (SSSR count). The molecule has 0 aromatic carbocycles. The Morgan fingerprint density at radius 2 is 2.14 bits per heavy atom. The van der Waals surface area contributed by atoms with Gasteiger partial charge in [-0.25, -0.2) is 0 Å². The summed E-state index contributed by atoms with van der Waals surface area (Å²) in [6.07, 6.45) is 5.33. The van der Waals surface area contributed by atoms with Crippen LogP contribution in [0.5, 0.6) is 0 Å². The predicted octanol–water partition coefficient (Wildman–Crippen LogP) is 4.10. The molecule has 1 aromatic rings. The van der Waals surface area contributed by atoms with E-state index in [1.54, 1.807) is 0 Å². The number of rotatable bonds is 10. The smallest absolute Gasteiger partial charge is 0.118 e. The summed E-state index contributed by atoms with van der Waals surface area (Å²) < 4.78 is 5.91. The molecule has 0 radical (unpaired) electrons. The van der Waals surface area contributed by atoms with Crippen LogP contribution < -0.4 is 5.32 Å². The molecule has 0 spiro atoms. The molecular weight excluding hydrogens is 260 g/mol. The van der Waals surface area contributed by atoms with E-state index in [1.807, 2.05) is 0 Å². The Labute approximate surface area is 130 Å². The van der Waals surface area contributed by atoms with Crippen molar-refractivity contribution in [3.63, 3.8) is 0 Å². The number of unbranched alkanes of at least 4 members (excludes halogenated alkanes) is 1. The Morgan fingerprint density at radius 1 is 1.38 bits per heavy atom. The Morgan fingerprint density at radius 3 is 2.76 bits per heavy atom. The minimum absolute atomic E-state index is 0.680. The van der Waals surface area contributed by atoms with Crippen molar-refractivity contribution in [2.75, 3.05) is 13.1 Å². The highest BCUT2D eigenvalue weighted by atomic mass is 16.3. The van der Waals surface area contributed by atoms with Gasteiger partial charge in [0.05, 0.1) is 6.54 Å². The lowest BCUT2D eigenvalue weighted by Gasteiger charge is -2.21. The molecule has 3 nitrogen and oxygen atoms in total. The van der Waals surface area contributed by atoms with Crippen molar-refractivity contribution < 1.29 is 4.42 Å². The normalized spacial score (nSPS) is 15.3.